The third-order valence-electron chi connectivity index (χ3n) is 3.10. The van der Waals surface area contributed by atoms with E-state index in [2.05, 4.69) is 18.3 Å². The number of rotatable bonds is 5. The number of benzene rings is 1. The molecule has 0 fully saturated rings. The summed E-state index contributed by atoms with van der Waals surface area (Å²) >= 11 is 0. The van der Waals surface area contributed by atoms with Gasteiger partial charge >= 0.3 is 0 Å². The molecule has 17 heavy (non-hydrogen) atoms. The van der Waals surface area contributed by atoms with Gasteiger partial charge in [0, 0.05) is 12.6 Å². The lowest BCUT2D eigenvalue weighted by Crippen LogP contribution is -2.34. The molecule has 3 nitrogen and oxygen atoms in total. The largest absolute Gasteiger partial charge is 0.497 e. The Morgan fingerprint density at radius 1 is 1.47 bits per heavy atom. The van der Waals surface area contributed by atoms with Gasteiger partial charge in [-0.3, -0.25) is 0 Å². The van der Waals surface area contributed by atoms with Crippen LogP contribution in [0.5, 0.6) is 11.5 Å². The Labute approximate surface area is 103 Å². The Morgan fingerprint density at radius 2 is 2.35 bits per heavy atom. The van der Waals surface area contributed by atoms with Crippen molar-refractivity contribution in [3.63, 3.8) is 0 Å². The first-order valence-corrected chi connectivity index (χ1v) is 6.37. The summed E-state index contributed by atoms with van der Waals surface area (Å²) in [5.41, 5.74) is 1.29. The van der Waals surface area contributed by atoms with E-state index in [1.807, 2.05) is 12.1 Å². The summed E-state index contributed by atoms with van der Waals surface area (Å²) < 4.78 is 11.2. The van der Waals surface area contributed by atoms with E-state index in [1.165, 1.54) is 5.56 Å². The van der Waals surface area contributed by atoms with Gasteiger partial charge in [-0.25, -0.2) is 0 Å². The fourth-order valence-electron chi connectivity index (χ4n) is 2.12. The van der Waals surface area contributed by atoms with Gasteiger partial charge in [-0.2, -0.15) is 0 Å². The van der Waals surface area contributed by atoms with E-state index in [9.17, 15) is 0 Å². The van der Waals surface area contributed by atoms with Crippen molar-refractivity contribution in [1.29, 1.82) is 0 Å². The smallest absolute Gasteiger partial charge is 0.126 e. The third kappa shape index (κ3) is 3.13. The number of methoxy groups -OCH3 is 1. The molecule has 0 saturated heterocycles. The van der Waals surface area contributed by atoms with Crippen molar-refractivity contribution in [1.82, 2.24) is 5.32 Å². The summed E-state index contributed by atoms with van der Waals surface area (Å²) in [6.07, 6.45) is 3.64. The standard InChI is InChI=1S/C14H21NO2/c1-3-8-15-10-13-7-5-11-4-6-12(16-2)9-14(11)17-13/h4,6,9,13,15H,3,5,7-8,10H2,1-2H3/t13-/m1/s1. The average molecular weight is 235 g/mol. The minimum Gasteiger partial charge on any atom is -0.497 e. The van der Waals surface area contributed by atoms with Crippen LogP contribution in [0.1, 0.15) is 25.3 Å². The van der Waals surface area contributed by atoms with E-state index in [1.54, 1.807) is 7.11 Å². The highest BCUT2D eigenvalue weighted by Gasteiger charge is 2.19. The normalized spacial score (nSPS) is 18.4. The van der Waals surface area contributed by atoms with Gasteiger partial charge in [0.2, 0.25) is 0 Å². The zero-order valence-electron chi connectivity index (χ0n) is 10.7. The molecule has 0 bridgehead atoms. The Morgan fingerprint density at radius 3 is 3.12 bits per heavy atom. The first-order valence-electron chi connectivity index (χ1n) is 6.37. The summed E-state index contributed by atoms with van der Waals surface area (Å²) in [6.45, 7) is 4.17. The van der Waals surface area contributed by atoms with E-state index in [0.29, 0.717) is 6.10 Å². The van der Waals surface area contributed by atoms with Crippen LogP contribution in [0.4, 0.5) is 0 Å². The number of aryl methyl sites for hydroxylation is 1. The molecule has 1 aliphatic rings. The van der Waals surface area contributed by atoms with E-state index < -0.39 is 0 Å². The molecule has 94 valence electrons. The molecule has 0 amide bonds. The molecule has 1 heterocycles. The molecular formula is C14H21NO2. The lowest BCUT2D eigenvalue weighted by atomic mass is 10.0. The fraction of sp³-hybridized carbons (Fsp3) is 0.571. The van der Waals surface area contributed by atoms with E-state index in [0.717, 1.165) is 43.9 Å². The molecule has 0 spiro atoms. The van der Waals surface area contributed by atoms with Crippen molar-refractivity contribution in [2.45, 2.75) is 32.3 Å². The second-order valence-corrected chi connectivity index (χ2v) is 4.46. The number of hydrogen-bond acceptors (Lipinski definition) is 3. The molecule has 0 aliphatic carbocycles. The summed E-state index contributed by atoms with van der Waals surface area (Å²) in [5, 5.41) is 3.41. The first kappa shape index (κ1) is 12.2. The summed E-state index contributed by atoms with van der Waals surface area (Å²) in [7, 11) is 1.69. The molecule has 0 radical (unpaired) electrons. The van der Waals surface area contributed by atoms with Gasteiger partial charge in [-0.15, -0.1) is 0 Å². The molecule has 1 aromatic rings. The molecule has 2 rings (SSSR count). The van der Waals surface area contributed by atoms with E-state index in [4.69, 9.17) is 9.47 Å². The predicted molar refractivity (Wildman–Crippen MR) is 68.9 cm³/mol. The quantitative estimate of drug-likeness (QED) is 0.795. The Kier molecular flexibility index (Phi) is 4.26. The zero-order chi connectivity index (χ0) is 12.1. The highest BCUT2D eigenvalue weighted by molar-refractivity contribution is 5.42. The van der Waals surface area contributed by atoms with Crippen LogP contribution in [0.15, 0.2) is 18.2 Å². The van der Waals surface area contributed by atoms with Crippen molar-refractivity contribution in [3.05, 3.63) is 23.8 Å². The van der Waals surface area contributed by atoms with Crippen molar-refractivity contribution < 1.29 is 9.47 Å². The van der Waals surface area contributed by atoms with Crippen LogP contribution in [-0.4, -0.2) is 26.3 Å². The van der Waals surface area contributed by atoms with Crippen LogP contribution in [0, 0.1) is 0 Å². The summed E-state index contributed by atoms with van der Waals surface area (Å²) in [4.78, 5) is 0. The monoisotopic (exact) mass is 235 g/mol. The minimum absolute atomic E-state index is 0.293. The van der Waals surface area contributed by atoms with Crippen LogP contribution in [0.2, 0.25) is 0 Å². The maximum absolute atomic E-state index is 5.98. The van der Waals surface area contributed by atoms with E-state index >= 15 is 0 Å². The van der Waals surface area contributed by atoms with Gasteiger partial charge in [0.1, 0.15) is 17.6 Å². The average Bonchev–Trinajstić information content (AvgIpc) is 2.38. The van der Waals surface area contributed by atoms with Gasteiger partial charge in [0.25, 0.3) is 0 Å². The van der Waals surface area contributed by atoms with Gasteiger partial charge in [-0.05, 0) is 37.4 Å². The van der Waals surface area contributed by atoms with Crippen molar-refractivity contribution >= 4 is 0 Å². The van der Waals surface area contributed by atoms with Crippen LogP contribution in [-0.2, 0) is 6.42 Å². The number of ether oxygens (including phenoxy) is 2. The topological polar surface area (TPSA) is 30.5 Å². The Bertz CT molecular complexity index is 365. The predicted octanol–water partition coefficient (Wildman–Crippen LogP) is 2.39. The minimum atomic E-state index is 0.293. The Balaban J connectivity index is 1.96. The van der Waals surface area contributed by atoms with Crippen molar-refractivity contribution in [3.8, 4) is 11.5 Å². The van der Waals surface area contributed by atoms with Crippen LogP contribution in [0.3, 0.4) is 0 Å². The molecule has 1 N–H and O–H groups in total. The van der Waals surface area contributed by atoms with Crippen LogP contribution < -0.4 is 14.8 Å². The van der Waals surface area contributed by atoms with Gasteiger partial charge < -0.3 is 14.8 Å². The molecular weight excluding hydrogens is 214 g/mol. The Hall–Kier alpha value is -1.22. The molecule has 0 unspecified atom stereocenters. The summed E-state index contributed by atoms with van der Waals surface area (Å²) in [6, 6.07) is 6.09. The maximum Gasteiger partial charge on any atom is 0.126 e. The number of fused-ring (bicyclic) bond motifs is 1. The summed E-state index contributed by atoms with van der Waals surface area (Å²) in [5.74, 6) is 1.85. The molecule has 1 aliphatic heterocycles. The van der Waals surface area contributed by atoms with Gasteiger partial charge in [-0.1, -0.05) is 13.0 Å². The SMILES string of the molecule is CCCNC[C@H]1CCc2ccc(OC)cc2O1. The molecule has 0 aromatic heterocycles. The number of hydrogen-bond donors (Lipinski definition) is 1. The lowest BCUT2D eigenvalue weighted by molar-refractivity contribution is 0.170. The van der Waals surface area contributed by atoms with Crippen molar-refractivity contribution in [2.24, 2.45) is 0 Å². The second kappa shape index (κ2) is 5.92. The zero-order valence-corrected chi connectivity index (χ0v) is 10.7. The molecule has 1 aromatic carbocycles. The molecule has 3 heteroatoms. The highest BCUT2D eigenvalue weighted by Crippen LogP contribution is 2.30. The van der Waals surface area contributed by atoms with E-state index in [-0.39, 0.29) is 0 Å². The first-order chi connectivity index (χ1) is 8.33. The van der Waals surface area contributed by atoms with Crippen molar-refractivity contribution in [2.75, 3.05) is 20.2 Å². The lowest BCUT2D eigenvalue weighted by Gasteiger charge is -2.26. The van der Waals surface area contributed by atoms with Gasteiger partial charge in [0.05, 0.1) is 7.11 Å². The van der Waals surface area contributed by atoms with Crippen LogP contribution >= 0.6 is 0 Å². The maximum atomic E-state index is 5.98. The third-order valence-corrected chi connectivity index (χ3v) is 3.10. The van der Waals surface area contributed by atoms with Gasteiger partial charge in [0.15, 0.2) is 0 Å². The highest BCUT2D eigenvalue weighted by atomic mass is 16.5. The molecule has 1 atom stereocenters. The number of nitrogens with one attached hydrogen (secondary N) is 1. The van der Waals surface area contributed by atoms with Crippen LogP contribution in [0.25, 0.3) is 0 Å². The fourth-order valence-corrected chi connectivity index (χ4v) is 2.12. The second-order valence-electron chi connectivity index (χ2n) is 4.46. The molecule has 0 saturated carbocycles.